The van der Waals surface area contributed by atoms with E-state index < -0.39 is 17.7 Å². The van der Waals surface area contributed by atoms with Crippen LogP contribution in [0.25, 0.3) is 0 Å². The van der Waals surface area contributed by atoms with Crippen molar-refractivity contribution in [3.8, 4) is 0 Å². The lowest BCUT2D eigenvalue weighted by Gasteiger charge is -2.21. The molecule has 0 aliphatic heterocycles. The molecule has 22 heavy (non-hydrogen) atoms. The maximum absolute atomic E-state index is 12.0. The second kappa shape index (κ2) is 7.29. The molecule has 1 N–H and O–H groups in total. The highest BCUT2D eigenvalue weighted by atomic mass is 16.6. The third-order valence-corrected chi connectivity index (χ3v) is 2.81. The molecule has 1 heterocycles. The predicted octanol–water partition coefficient (Wildman–Crippen LogP) is 2.45. The molecular formula is C15H25N3O4. The van der Waals surface area contributed by atoms with Gasteiger partial charge < -0.3 is 14.8 Å². The average molecular weight is 311 g/mol. The zero-order chi connectivity index (χ0) is 16.9. The molecule has 7 heteroatoms. The topological polar surface area (TPSA) is 82.5 Å². The molecule has 0 fully saturated rings. The highest BCUT2D eigenvalue weighted by molar-refractivity contribution is 5.89. The Balaban J connectivity index is 2.72. The summed E-state index contributed by atoms with van der Waals surface area (Å²) in [4.78, 5) is 23.6. The molecule has 0 saturated heterocycles. The van der Waals surface area contributed by atoms with Crippen LogP contribution < -0.4 is 5.32 Å². The number of esters is 1. The Hall–Kier alpha value is -2.05. The molecule has 0 unspecified atom stereocenters. The number of aryl methyl sites for hydroxylation is 1. The fourth-order valence-corrected chi connectivity index (χ4v) is 1.87. The number of hydrogen-bond acceptors (Lipinski definition) is 5. The molecule has 0 aliphatic carbocycles. The van der Waals surface area contributed by atoms with E-state index in [1.54, 1.807) is 45.5 Å². The number of rotatable bonds is 5. The SMILES string of the molecule is CCOC(=O)c1c(C)cnn1[C@H](C)CNC(=O)OC(C)(C)C. The average Bonchev–Trinajstić information content (AvgIpc) is 2.76. The van der Waals surface area contributed by atoms with Crippen molar-refractivity contribution < 1.29 is 19.1 Å². The van der Waals surface area contributed by atoms with Crippen LogP contribution in [-0.4, -0.2) is 40.6 Å². The van der Waals surface area contributed by atoms with E-state index in [9.17, 15) is 9.59 Å². The lowest BCUT2D eigenvalue weighted by molar-refractivity contribution is 0.0507. The molecule has 0 bridgehead atoms. The van der Waals surface area contributed by atoms with Gasteiger partial charge in [-0.3, -0.25) is 4.68 Å². The molecule has 124 valence electrons. The molecule has 0 saturated carbocycles. The van der Waals surface area contributed by atoms with Crippen LogP contribution >= 0.6 is 0 Å². The molecule has 1 aromatic rings. The summed E-state index contributed by atoms with van der Waals surface area (Å²) in [6.07, 6.45) is 1.11. The number of aromatic nitrogens is 2. The van der Waals surface area contributed by atoms with E-state index >= 15 is 0 Å². The summed E-state index contributed by atoms with van der Waals surface area (Å²) < 4.78 is 11.8. The second-order valence-electron chi connectivity index (χ2n) is 6.07. The van der Waals surface area contributed by atoms with Crippen LogP contribution in [-0.2, 0) is 9.47 Å². The van der Waals surface area contributed by atoms with Crippen molar-refractivity contribution in [3.05, 3.63) is 17.5 Å². The Morgan fingerprint density at radius 1 is 1.41 bits per heavy atom. The fraction of sp³-hybridized carbons (Fsp3) is 0.667. The number of carbonyl (C=O) groups excluding carboxylic acids is 2. The van der Waals surface area contributed by atoms with Gasteiger partial charge in [-0.15, -0.1) is 0 Å². The van der Waals surface area contributed by atoms with Crippen molar-refractivity contribution in [2.75, 3.05) is 13.2 Å². The van der Waals surface area contributed by atoms with Gasteiger partial charge in [-0.05, 0) is 41.5 Å². The number of ether oxygens (including phenoxy) is 2. The van der Waals surface area contributed by atoms with Crippen molar-refractivity contribution in [2.24, 2.45) is 0 Å². The van der Waals surface area contributed by atoms with Gasteiger partial charge in [0.25, 0.3) is 0 Å². The molecule has 1 aromatic heterocycles. The maximum atomic E-state index is 12.0. The summed E-state index contributed by atoms with van der Waals surface area (Å²) in [5.74, 6) is -0.415. The summed E-state index contributed by atoms with van der Waals surface area (Å²) >= 11 is 0. The van der Waals surface area contributed by atoms with Crippen LogP contribution in [0.2, 0.25) is 0 Å². The Morgan fingerprint density at radius 3 is 2.59 bits per heavy atom. The number of carbonyl (C=O) groups is 2. The van der Waals surface area contributed by atoms with Crippen LogP contribution in [0.1, 0.15) is 56.7 Å². The highest BCUT2D eigenvalue weighted by Crippen LogP contribution is 2.15. The van der Waals surface area contributed by atoms with Gasteiger partial charge >= 0.3 is 12.1 Å². The second-order valence-corrected chi connectivity index (χ2v) is 6.07. The van der Waals surface area contributed by atoms with Crippen molar-refractivity contribution >= 4 is 12.1 Å². The standard InChI is InChI=1S/C15H25N3O4/c1-7-21-13(19)12-10(2)8-17-18(12)11(3)9-16-14(20)22-15(4,5)6/h8,11H,7,9H2,1-6H3,(H,16,20)/t11-/m1/s1. The smallest absolute Gasteiger partial charge is 0.407 e. The summed E-state index contributed by atoms with van der Waals surface area (Å²) in [6.45, 7) is 11.4. The van der Waals surface area contributed by atoms with E-state index in [1.165, 1.54) is 0 Å². The largest absolute Gasteiger partial charge is 0.461 e. The van der Waals surface area contributed by atoms with Gasteiger partial charge in [0.1, 0.15) is 11.3 Å². The number of nitrogens with one attached hydrogen (secondary N) is 1. The minimum Gasteiger partial charge on any atom is -0.461 e. The zero-order valence-electron chi connectivity index (χ0n) is 14.1. The molecule has 1 atom stereocenters. The first-order valence-corrected chi connectivity index (χ1v) is 7.33. The lowest BCUT2D eigenvalue weighted by atomic mass is 10.2. The Bertz CT molecular complexity index is 531. The van der Waals surface area contributed by atoms with Gasteiger partial charge in [0.15, 0.2) is 0 Å². The first-order valence-electron chi connectivity index (χ1n) is 7.33. The number of nitrogens with zero attached hydrogens (tertiary/aromatic N) is 2. The van der Waals surface area contributed by atoms with Gasteiger partial charge in [0, 0.05) is 12.1 Å². The van der Waals surface area contributed by atoms with Crippen molar-refractivity contribution in [1.29, 1.82) is 0 Å². The predicted molar refractivity (Wildman–Crippen MR) is 81.9 cm³/mol. The van der Waals surface area contributed by atoms with Crippen LogP contribution in [0.4, 0.5) is 4.79 Å². The van der Waals surface area contributed by atoms with E-state index in [0.29, 0.717) is 18.8 Å². The van der Waals surface area contributed by atoms with Crippen LogP contribution in [0.5, 0.6) is 0 Å². The minimum atomic E-state index is -0.550. The summed E-state index contributed by atoms with van der Waals surface area (Å²) in [5.41, 5.74) is 0.592. The van der Waals surface area contributed by atoms with Gasteiger partial charge in [-0.25, -0.2) is 9.59 Å². The van der Waals surface area contributed by atoms with Crippen molar-refractivity contribution in [2.45, 2.75) is 53.2 Å². The number of amides is 1. The summed E-state index contributed by atoms with van der Waals surface area (Å²) in [6, 6.07) is -0.208. The van der Waals surface area contributed by atoms with Crippen molar-refractivity contribution in [1.82, 2.24) is 15.1 Å². The third kappa shape index (κ3) is 5.05. The fourth-order valence-electron chi connectivity index (χ4n) is 1.87. The van der Waals surface area contributed by atoms with Crippen LogP contribution in [0, 0.1) is 6.92 Å². The number of alkyl carbamates (subject to hydrolysis) is 1. The summed E-state index contributed by atoms with van der Waals surface area (Å²) in [7, 11) is 0. The van der Waals surface area contributed by atoms with Gasteiger partial charge in [0.05, 0.1) is 18.8 Å². The first-order chi connectivity index (χ1) is 10.2. The van der Waals surface area contributed by atoms with Crippen LogP contribution in [0.15, 0.2) is 6.20 Å². The van der Waals surface area contributed by atoms with Crippen LogP contribution in [0.3, 0.4) is 0 Å². The quantitative estimate of drug-likeness (QED) is 0.845. The first kappa shape index (κ1) is 18.0. The molecule has 1 amide bonds. The Morgan fingerprint density at radius 2 is 2.05 bits per heavy atom. The molecule has 0 spiro atoms. The Labute approximate surface area is 131 Å². The number of hydrogen-bond donors (Lipinski definition) is 1. The van der Waals surface area contributed by atoms with E-state index in [2.05, 4.69) is 10.4 Å². The van der Waals surface area contributed by atoms with Gasteiger partial charge in [-0.2, -0.15) is 5.10 Å². The third-order valence-electron chi connectivity index (χ3n) is 2.81. The lowest BCUT2D eigenvalue weighted by Crippen LogP contribution is -2.36. The zero-order valence-corrected chi connectivity index (χ0v) is 14.1. The molecule has 7 nitrogen and oxygen atoms in total. The molecule has 0 aliphatic rings. The van der Waals surface area contributed by atoms with E-state index in [-0.39, 0.29) is 6.04 Å². The molecular weight excluding hydrogens is 286 g/mol. The van der Waals surface area contributed by atoms with Gasteiger partial charge in [-0.1, -0.05) is 0 Å². The molecule has 0 aromatic carbocycles. The monoisotopic (exact) mass is 311 g/mol. The molecule has 1 rings (SSSR count). The maximum Gasteiger partial charge on any atom is 0.407 e. The highest BCUT2D eigenvalue weighted by Gasteiger charge is 2.22. The molecule has 0 radical (unpaired) electrons. The van der Waals surface area contributed by atoms with E-state index in [1.807, 2.05) is 6.92 Å². The van der Waals surface area contributed by atoms with Crippen molar-refractivity contribution in [3.63, 3.8) is 0 Å². The Kier molecular flexibility index (Phi) is 5.96. The van der Waals surface area contributed by atoms with E-state index in [0.717, 1.165) is 5.56 Å². The van der Waals surface area contributed by atoms with E-state index in [4.69, 9.17) is 9.47 Å². The normalized spacial score (nSPS) is 12.6. The summed E-state index contributed by atoms with van der Waals surface area (Å²) in [5, 5.41) is 6.87. The minimum absolute atomic E-state index is 0.208. The van der Waals surface area contributed by atoms with Gasteiger partial charge in [0.2, 0.25) is 0 Å².